The van der Waals surface area contributed by atoms with Crippen molar-refractivity contribution in [1.29, 1.82) is 0 Å². The summed E-state index contributed by atoms with van der Waals surface area (Å²) in [7, 11) is 2.69. The monoisotopic (exact) mass is 283 g/mol. The minimum absolute atomic E-state index is 0.251. The second-order valence-corrected chi connectivity index (χ2v) is 4.86. The Morgan fingerprint density at radius 3 is 2.74 bits per heavy atom. The molecule has 0 spiro atoms. The highest BCUT2D eigenvalue weighted by molar-refractivity contribution is 7.18. The van der Waals surface area contributed by atoms with Gasteiger partial charge in [0.15, 0.2) is 6.10 Å². The van der Waals surface area contributed by atoms with E-state index in [0.29, 0.717) is 11.3 Å². The molecule has 1 aromatic carbocycles. The van der Waals surface area contributed by atoms with Gasteiger partial charge in [0.2, 0.25) is 0 Å². The van der Waals surface area contributed by atoms with Crippen LogP contribution >= 0.6 is 11.3 Å². The number of esters is 1. The fourth-order valence-electron chi connectivity index (χ4n) is 1.56. The van der Waals surface area contributed by atoms with Gasteiger partial charge >= 0.3 is 5.97 Å². The molecular weight excluding hydrogens is 270 g/mol. The Morgan fingerprint density at radius 2 is 2.11 bits per heavy atom. The van der Waals surface area contributed by atoms with Crippen molar-refractivity contribution in [2.45, 2.75) is 12.2 Å². The van der Waals surface area contributed by atoms with Gasteiger partial charge in [0.25, 0.3) is 0 Å². The Kier molecular flexibility index (Phi) is 3.98. The molecule has 0 bridgehead atoms. The van der Waals surface area contributed by atoms with E-state index in [1.54, 1.807) is 25.3 Å². The minimum Gasteiger partial charge on any atom is -0.497 e. The molecule has 2 atom stereocenters. The summed E-state index contributed by atoms with van der Waals surface area (Å²) in [5, 5.41) is 19.7. The maximum absolute atomic E-state index is 11.2. The maximum atomic E-state index is 11.2. The molecule has 1 aromatic heterocycles. The number of nitrogens with zero attached hydrogens (tertiary/aromatic N) is 1. The van der Waals surface area contributed by atoms with Gasteiger partial charge in [-0.05, 0) is 18.2 Å². The number of aromatic nitrogens is 1. The molecule has 2 rings (SSSR count). The van der Waals surface area contributed by atoms with E-state index in [0.717, 1.165) is 11.8 Å². The second kappa shape index (κ2) is 5.52. The summed E-state index contributed by atoms with van der Waals surface area (Å²) < 4.78 is 10.3. The molecular formula is C12H13NO5S. The largest absolute Gasteiger partial charge is 0.497 e. The molecule has 0 aliphatic heterocycles. The summed E-state index contributed by atoms with van der Waals surface area (Å²) in [5.41, 5.74) is 0.664. The predicted octanol–water partition coefficient (Wildman–Crippen LogP) is 0.872. The Bertz CT molecular complexity index is 597. The third-order valence-corrected chi connectivity index (χ3v) is 3.70. The zero-order valence-corrected chi connectivity index (χ0v) is 11.2. The van der Waals surface area contributed by atoms with Crippen LogP contribution in [0.3, 0.4) is 0 Å². The van der Waals surface area contributed by atoms with Crippen molar-refractivity contribution in [3.8, 4) is 5.75 Å². The number of aliphatic hydroxyl groups excluding tert-OH is 2. The van der Waals surface area contributed by atoms with Crippen molar-refractivity contribution < 1.29 is 24.5 Å². The first-order valence-corrected chi connectivity index (χ1v) is 6.27. The Morgan fingerprint density at radius 1 is 1.37 bits per heavy atom. The van der Waals surface area contributed by atoms with Gasteiger partial charge in [-0.15, -0.1) is 11.3 Å². The van der Waals surface area contributed by atoms with Gasteiger partial charge < -0.3 is 19.7 Å². The summed E-state index contributed by atoms with van der Waals surface area (Å²) in [6, 6.07) is 5.26. The Labute approximate surface area is 113 Å². The molecule has 1 heterocycles. The molecule has 7 heteroatoms. The molecule has 0 saturated carbocycles. The van der Waals surface area contributed by atoms with Crippen LogP contribution in [0.15, 0.2) is 18.2 Å². The molecule has 0 aliphatic carbocycles. The molecule has 0 aliphatic rings. The topological polar surface area (TPSA) is 88.9 Å². The van der Waals surface area contributed by atoms with Crippen LogP contribution in [0.25, 0.3) is 10.2 Å². The summed E-state index contributed by atoms with van der Waals surface area (Å²) in [5.74, 6) is -0.227. The van der Waals surface area contributed by atoms with Crippen molar-refractivity contribution in [2.75, 3.05) is 14.2 Å². The molecule has 0 amide bonds. The van der Waals surface area contributed by atoms with E-state index in [9.17, 15) is 15.0 Å². The van der Waals surface area contributed by atoms with Gasteiger partial charge in [0.05, 0.1) is 24.4 Å². The number of benzene rings is 1. The zero-order valence-electron chi connectivity index (χ0n) is 10.4. The quantitative estimate of drug-likeness (QED) is 0.809. The van der Waals surface area contributed by atoms with Gasteiger partial charge in [0.1, 0.15) is 16.9 Å². The fourth-order valence-corrected chi connectivity index (χ4v) is 2.57. The summed E-state index contributed by atoms with van der Waals surface area (Å²) in [6.07, 6.45) is -3.05. The molecule has 19 heavy (non-hydrogen) atoms. The lowest BCUT2D eigenvalue weighted by Crippen LogP contribution is -2.28. The number of thiazole rings is 1. The highest BCUT2D eigenvalue weighted by Gasteiger charge is 2.29. The average Bonchev–Trinajstić information content (AvgIpc) is 2.87. The minimum atomic E-state index is -1.65. The zero-order chi connectivity index (χ0) is 14.0. The first kappa shape index (κ1) is 13.7. The van der Waals surface area contributed by atoms with E-state index in [2.05, 4.69) is 9.72 Å². The first-order chi connectivity index (χ1) is 9.06. The van der Waals surface area contributed by atoms with Crippen molar-refractivity contribution >= 4 is 27.5 Å². The number of fused-ring (bicyclic) bond motifs is 1. The molecule has 6 nitrogen and oxygen atoms in total. The molecule has 0 radical (unpaired) electrons. The number of aliphatic hydroxyl groups is 2. The Balaban J connectivity index is 2.32. The van der Waals surface area contributed by atoms with Crippen molar-refractivity contribution in [3.05, 3.63) is 23.2 Å². The highest BCUT2D eigenvalue weighted by Crippen LogP contribution is 2.30. The SMILES string of the molecule is COC(=O)C(O)C(O)c1nc2ccc(OC)cc2s1. The molecule has 102 valence electrons. The fraction of sp³-hybridized carbons (Fsp3) is 0.333. The van der Waals surface area contributed by atoms with Crippen LogP contribution in [-0.2, 0) is 9.53 Å². The number of hydrogen-bond donors (Lipinski definition) is 2. The van der Waals surface area contributed by atoms with Crippen LogP contribution < -0.4 is 4.74 Å². The first-order valence-electron chi connectivity index (χ1n) is 5.45. The lowest BCUT2D eigenvalue weighted by molar-refractivity contribution is -0.156. The van der Waals surface area contributed by atoms with Crippen molar-refractivity contribution in [3.63, 3.8) is 0 Å². The summed E-state index contributed by atoms with van der Waals surface area (Å²) in [4.78, 5) is 15.3. The smallest absolute Gasteiger partial charge is 0.337 e. The number of methoxy groups -OCH3 is 2. The highest BCUT2D eigenvalue weighted by atomic mass is 32.1. The lowest BCUT2D eigenvalue weighted by Gasteiger charge is -2.12. The van der Waals surface area contributed by atoms with Crippen molar-refractivity contribution in [1.82, 2.24) is 4.98 Å². The van der Waals surface area contributed by atoms with Crippen LogP contribution in [0.1, 0.15) is 11.1 Å². The molecule has 0 fully saturated rings. The third-order valence-electron chi connectivity index (χ3n) is 2.61. The molecule has 2 aromatic rings. The van der Waals surface area contributed by atoms with E-state index in [-0.39, 0.29) is 5.01 Å². The van der Waals surface area contributed by atoms with Gasteiger partial charge in [-0.2, -0.15) is 0 Å². The van der Waals surface area contributed by atoms with Gasteiger partial charge in [-0.25, -0.2) is 9.78 Å². The van der Waals surface area contributed by atoms with E-state index >= 15 is 0 Å². The number of ether oxygens (including phenoxy) is 2. The maximum Gasteiger partial charge on any atom is 0.337 e. The van der Waals surface area contributed by atoms with E-state index in [4.69, 9.17) is 4.74 Å². The summed E-state index contributed by atoms with van der Waals surface area (Å²) in [6.45, 7) is 0. The van der Waals surface area contributed by atoms with Crippen LogP contribution in [0, 0.1) is 0 Å². The number of hydrogen-bond acceptors (Lipinski definition) is 7. The second-order valence-electron chi connectivity index (χ2n) is 3.80. The third kappa shape index (κ3) is 2.67. The van der Waals surface area contributed by atoms with E-state index in [1.807, 2.05) is 0 Å². The van der Waals surface area contributed by atoms with Gasteiger partial charge in [0, 0.05) is 0 Å². The number of rotatable bonds is 4. The number of carbonyl (C=O) groups excluding carboxylic acids is 1. The van der Waals surface area contributed by atoms with E-state index < -0.39 is 18.2 Å². The molecule has 2 unspecified atom stereocenters. The lowest BCUT2D eigenvalue weighted by atomic mass is 10.2. The van der Waals surface area contributed by atoms with Crippen molar-refractivity contribution in [2.24, 2.45) is 0 Å². The predicted molar refractivity (Wildman–Crippen MR) is 69.2 cm³/mol. The summed E-state index contributed by atoms with van der Waals surface area (Å²) >= 11 is 1.18. The average molecular weight is 283 g/mol. The van der Waals surface area contributed by atoms with Crippen LogP contribution in [0.4, 0.5) is 0 Å². The van der Waals surface area contributed by atoms with Gasteiger partial charge in [-0.3, -0.25) is 0 Å². The Hall–Kier alpha value is -1.70. The van der Waals surface area contributed by atoms with Gasteiger partial charge in [-0.1, -0.05) is 0 Å². The van der Waals surface area contributed by atoms with E-state index in [1.165, 1.54) is 11.3 Å². The number of carbonyl (C=O) groups is 1. The molecule has 0 saturated heterocycles. The van der Waals surface area contributed by atoms with Crippen LogP contribution in [0.5, 0.6) is 5.75 Å². The van der Waals surface area contributed by atoms with Crippen LogP contribution in [0.2, 0.25) is 0 Å². The normalized spacial score (nSPS) is 14.1. The molecule has 2 N–H and O–H groups in total. The standard InChI is InChI=1S/C12H13NO5S/c1-17-6-3-4-7-8(5-6)19-11(13-7)9(14)10(15)12(16)18-2/h3-5,9-10,14-15H,1-2H3. The van der Waals surface area contributed by atoms with Crippen LogP contribution in [-0.4, -0.2) is 41.5 Å².